The first kappa shape index (κ1) is 65.1. The molecule has 0 aliphatic carbocycles. The maximum atomic E-state index is 12.9. The van der Waals surface area contributed by atoms with Crippen LogP contribution in [0.5, 0.6) is 0 Å². The van der Waals surface area contributed by atoms with Gasteiger partial charge in [-0.3, -0.25) is 14.4 Å². The molecule has 0 unspecified atom stereocenters. The van der Waals surface area contributed by atoms with E-state index in [1.807, 2.05) is 0 Å². The van der Waals surface area contributed by atoms with Crippen molar-refractivity contribution in [3.8, 4) is 0 Å². The third kappa shape index (κ3) is 54.1. The summed E-state index contributed by atoms with van der Waals surface area (Å²) in [6.07, 6.45) is 70.6. The average Bonchev–Trinajstić information content (AvgIpc) is 3.34. The fourth-order valence-corrected chi connectivity index (χ4v) is 8.26. The van der Waals surface area contributed by atoms with Crippen molar-refractivity contribution in [2.24, 2.45) is 0 Å². The van der Waals surface area contributed by atoms with Gasteiger partial charge in [0.15, 0.2) is 6.10 Å². The van der Waals surface area contributed by atoms with Gasteiger partial charge in [-0.15, -0.1) is 0 Å². The Labute approximate surface area is 421 Å². The van der Waals surface area contributed by atoms with E-state index in [-0.39, 0.29) is 31.1 Å². The highest BCUT2D eigenvalue weighted by molar-refractivity contribution is 5.71. The number of allylic oxidation sites excluding steroid dienone is 10. The van der Waals surface area contributed by atoms with Crippen LogP contribution in [-0.2, 0) is 28.6 Å². The first-order valence-corrected chi connectivity index (χ1v) is 29.3. The second-order valence-electron chi connectivity index (χ2n) is 19.5. The van der Waals surface area contributed by atoms with Crippen molar-refractivity contribution in [2.45, 2.75) is 303 Å². The van der Waals surface area contributed by atoms with Gasteiger partial charge in [0, 0.05) is 19.3 Å². The van der Waals surface area contributed by atoms with E-state index < -0.39 is 6.10 Å². The Kier molecular flexibility index (Phi) is 54.3. The Morgan fingerprint density at radius 1 is 0.294 bits per heavy atom. The van der Waals surface area contributed by atoms with E-state index in [0.29, 0.717) is 19.3 Å². The monoisotopic (exact) mass is 951 g/mol. The van der Waals surface area contributed by atoms with Crippen molar-refractivity contribution in [1.82, 2.24) is 0 Å². The predicted octanol–water partition coefficient (Wildman–Crippen LogP) is 19.6. The van der Waals surface area contributed by atoms with Gasteiger partial charge in [0.1, 0.15) is 13.2 Å². The highest BCUT2D eigenvalue weighted by atomic mass is 16.6. The summed E-state index contributed by atoms with van der Waals surface area (Å²) in [6.45, 7) is 6.59. The van der Waals surface area contributed by atoms with Crippen LogP contribution >= 0.6 is 0 Å². The Morgan fingerprint density at radius 2 is 0.529 bits per heavy atom. The van der Waals surface area contributed by atoms with Gasteiger partial charge in [-0.05, 0) is 109 Å². The van der Waals surface area contributed by atoms with E-state index in [1.165, 1.54) is 173 Å². The van der Waals surface area contributed by atoms with Gasteiger partial charge in [-0.25, -0.2) is 0 Å². The third-order valence-electron chi connectivity index (χ3n) is 12.7. The molecule has 0 saturated heterocycles. The molecule has 68 heavy (non-hydrogen) atoms. The van der Waals surface area contributed by atoms with Gasteiger partial charge in [-0.2, -0.15) is 0 Å². The first-order chi connectivity index (χ1) is 33.5. The molecule has 0 aromatic carbocycles. The Morgan fingerprint density at radius 3 is 0.853 bits per heavy atom. The van der Waals surface area contributed by atoms with Gasteiger partial charge in [0.25, 0.3) is 0 Å². The molecular formula is C62H110O6. The zero-order valence-corrected chi connectivity index (χ0v) is 45.1. The normalized spacial score (nSPS) is 12.5. The van der Waals surface area contributed by atoms with Crippen LogP contribution in [0.3, 0.4) is 0 Å². The number of hydrogen-bond donors (Lipinski definition) is 0. The maximum Gasteiger partial charge on any atom is 0.306 e. The molecule has 0 N–H and O–H groups in total. The van der Waals surface area contributed by atoms with Crippen molar-refractivity contribution < 1.29 is 28.6 Å². The summed E-state index contributed by atoms with van der Waals surface area (Å²) < 4.78 is 16.9. The SMILES string of the molecule is CCCCC/C=C\C/C=C\CCCCCCCCCCCC(=O)OC[C@@H](COC(=O)CCCCCCC/C=C\CCCCCCC)OC(=O)CCCCCCCCC/C=C\C/C=C\CCCCC. The molecular weight excluding hydrogens is 841 g/mol. The van der Waals surface area contributed by atoms with Crippen LogP contribution in [0.15, 0.2) is 60.8 Å². The van der Waals surface area contributed by atoms with Crippen molar-refractivity contribution >= 4 is 17.9 Å². The minimum absolute atomic E-state index is 0.0813. The van der Waals surface area contributed by atoms with E-state index in [1.54, 1.807) is 0 Å². The quantitative estimate of drug-likeness (QED) is 0.0262. The minimum atomic E-state index is -0.783. The topological polar surface area (TPSA) is 78.9 Å². The van der Waals surface area contributed by atoms with Crippen LogP contribution in [0.1, 0.15) is 297 Å². The van der Waals surface area contributed by atoms with Gasteiger partial charge in [0.05, 0.1) is 0 Å². The van der Waals surface area contributed by atoms with Crippen LogP contribution in [-0.4, -0.2) is 37.2 Å². The zero-order chi connectivity index (χ0) is 49.3. The molecule has 0 saturated carbocycles. The van der Waals surface area contributed by atoms with Gasteiger partial charge >= 0.3 is 17.9 Å². The molecule has 394 valence electrons. The van der Waals surface area contributed by atoms with Crippen molar-refractivity contribution in [3.05, 3.63) is 60.8 Å². The van der Waals surface area contributed by atoms with Crippen LogP contribution in [0.25, 0.3) is 0 Å². The number of carbonyl (C=O) groups excluding carboxylic acids is 3. The summed E-state index contributed by atoms with van der Waals surface area (Å²) >= 11 is 0. The number of unbranched alkanes of at least 4 members (excludes halogenated alkanes) is 32. The predicted molar refractivity (Wildman–Crippen MR) is 293 cm³/mol. The molecule has 0 aromatic heterocycles. The van der Waals surface area contributed by atoms with Gasteiger partial charge < -0.3 is 14.2 Å². The van der Waals surface area contributed by atoms with Crippen LogP contribution in [0.4, 0.5) is 0 Å². The van der Waals surface area contributed by atoms with Crippen LogP contribution in [0.2, 0.25) is 0 Å². The minimum Gasteiger partial charge on any atom is -0.462 e. The standard InChI is InChI=1S/C62H110O6/c1-4-7-10-13-16-19-22-25-28-30-31-33-34-37-40-43-46-49-52-55-61(64)67-58-59(57-66-60(63)54-51-48-45-42-39-36-27-24-21-18-15-12-9-6-3)68-62(65)56-53-50-47-44-41-38-35-32-29-26-23-20-17-14-11-8-5-2/h16-17,19-20,24-29,59H,4-15,18,21-23,30-58H2,1-3H3/b19-16-,20-17-,27-24-,28-25-,29-26-/t59-/m1/s1. The number of carbonyl (C=O) groups is 3. The third-order valence-corrected chi connectivity index (χ3v) is 12.7. The summed E-state index contributed by atoms with van der Waals surface area (Å²) in [6, 6.07) is 0. The zero-order valence-electron chi connectivity index (χ0n) is 45.1. The van der Waals surface area contributed by atoms with Crippen molar-refractivity contribution in [3.63, 3.8) is 0 Å². The molecule has 0 aliphatic rings. The molecule has 0 heterocycles. The highest BCUT2D eigenvalue weighted by Crippen LogP contribution is 2.15. The van der Waals surface area contributed by atoms with Crippen molar-refractivity contribution in [1.29, 1.82) is 0 Å². The molecule has 0 spiro atoms. The number of hydrogen-bond acceptors (Lipinski definition) is 6. The maximum absolute atomic E-state index is 12.9. The Balaban J connectivity index is 4.38. The Hall–Kier alpha value is -2.89. The molecule has 6 nitrogen and oxygen atoms in total. The lowest BCUT2D eigenvalue weighted by molar-refractivity contribution is -0.167. The van der Waals surface area contributed by atoms with E-state index in [4.69, 9.17) is 14.2 Å². The molecule has 0 radical (unpaired) electrons. The molecule has 0 bridgehead atoms. The molecule has 0 aliphatic heterocycles. The van der Waals surface area contributed by atoms with Gasteiger partial charge in [-0.1, -0.05) is 229 Å². The van der Waals surface area contributed by atoms with Crippen LogP contribution in [0, 0.1) is 0 Å². The fraction of sp³-hybridized carbons (Fsp3) is 0.790. The fourth-order valence-electron chi connectivity index (χ4n) is 8.26. The largest absolute Gasteiger partial charge is 0.462 e. The lowest BCUT2D eigenvalue weighted by Gasteiger charge is -2.18. The van der Waals surface area contributed by atoms with E-state index >= 15 is 0 Å². The smallest absolute Gasteiger partial charge is 0.306 e. The second kappa shape index (κ2) is 56.7. The summed E-state index contributed by atoms with van der Waals surface area (Å²) in [4.78, 5) is 38.2. The molecule has 6 heteroatoms. The number of ether oxygens (including phenoxy) is 3. The molecule has 0 aromatic rings. The molecule has 0 fully saturated rings. The molecule has 0 amide bonds. The summed E-state index contributed by atoms with van der Waals surface area (Å²) in [5.41, 5.74) is 0. The lowest BCUT2D eigenvalue weighted by Crippen LogP contribution is -2.30. The van der Waals surface area contributed by atoms with Crippen LogP contribution < -0.4 is 0 Å². The molecule has 1 atom stereocenters. The second-order valence-corrected chi connectivity index (χ2v) is 19.5. The first-order valence-electron chi connectivity index (χ1n) is 29.3. The summed E-state index contributed by atoms with van der Waals surface area (Å²) in [5.74, 6) is -0.891. The van der Waals surface area contributed by atoms with Gasteiger partial charge in [0.2, 0.25) is 0 Å². The van der Waals surface area contributed by atoms with Crippen molar-refractivity contribution in [2.75, 3.05) is 13.2 Å². The lowest BCUT2D eigenvalue weighted by atomic mass is 10.1. The van der Waals surface area contributed by atoms with E-state index in [0.717, 1.165) is 83.5 Å². The van der Waals surface area contributed by atoms with E-state index in [9.17, 15) is 14.4 Å². The Bertz CT molecular complexity index is 1230. The van der Waals surface area contributed by atoms with E-state index in [2.05, 4.69) is 81.5 Å². The molecule has 0 rings (SSSR count). The highest BCUT2D eigenvalue weighted by Gasteiger charge is 2.19. The number of rotatable bonds is 53. The number of esters is 3. The summed E-state index contributed by atoms with van der Waals surface area (Å²) in [7, 11) is 0. The summed E-state index contributed by atoms with van der Waals surface area (Å²) in [5, 5.41) is 0. The average molecular weight is 952 g/mol.